The molecule has 0 aliphatic heterocycles. The first-order valence-corrected chi connectivity index (χ1v) is 16.2. The molecule has 1 amide bonds. The Kier molecular flexibility index (Phi) is 10.5. The van der Waals surface area contributed by atoms with Crippen LogP contribution in [0.1, 0.15) is 43.0 Å². The van der Waals surface area contributed by atoms with Crippen LogP contribution < -0.4 is 10.7 Å². The minimum atomic E-state index is -0.634. The number of thiophene rings is 1. The molecule has 5 rings (SSSR count). The highest BCUT2D eigenvalue weighted by molar-refractivity contribution is 7.22. The predicted octanol–water partition coefficient (Wildman–Crippen LogP) is 7.45. The van der Waals surface area contributed by atoms with E-state index in [0.717, 1.165) is 21.6 Å². The third kappa shape index (κ3) is 7.44. The fraction of sp³-hybridized carbons (Fsp3) is 0.297. The first kappa shape index (κ1) is 33.2. The molecule has 1 atom stereocenters. The Labute approximate surface area is 271 Å². The lowest BCUT2D eigenvalue weighted by molar-refractivity contribution is -0.120. The van der Waals surface area contributed by atoms with Gasteiger partial charge in [0.15, 0.2) is 5.43 Å². The third-order valence-corrected chi connectivity index (χ3v) is 9.28. The average Bonchev–Trinajstić information content (AvgIpc) is 3.40. The van der Waals surface area contributed by atoms with Crippen LogP contribution in [0.5, 0.6) is 0 Å². The smallest absolute Gasteiger partial charge is 0.229 e. The number of amides is 1. The number of hydrogen-bond donors (Lipinski definition) is 2. The minimum Gasteiger partial charge on any atom is -0.396 e. The van der Waals surface area contributed by atoms with E-state index in [4.69, 9.17) is 0 Å². The number of carbonyl (C=O) groups is 1. The van der Waals surface area contributed by atoms with Crippen molar-refractivity contribution in [1.82, 2.24) is 9.47 Å². The number of anilines is 1. The lowest BCUT2D eigenvalue weighted by Gasteiger charge is -2.18. The van der Waals surface area contributed by atoms with Crippen LogP contribution in [0.4, 0.5) is 14.5 Å². The molecule has 0 bridgehead atoms. The zero-order valence-corrected chi connectivity index (χ0v) is 27.3. The van der Waals surface area contributed by atoms with E-state index in [1.165, 1.54) is 29.5 Å². The number of rotatable bonds is 12. The van der Waals surface area contributed by atoms with Gasteiger partial charge < -0.3 is 15.0 Å². The van der Waals surface area contributed by atoms with Crippen molar-refractivity contribution in [1.29, 1.82) is 0 Å². The van der Waals surface area contributed by atoms with E-state index in [1.54, 1.807) is 25.3 Å². The standard InChI is InChI=1S/C37H39F2N3O3S/c1-23(2)17-27-19-42(21-29-31(38)11-8-12-32(29)39)37-33(34(27)44)30(20-41(4)18-25-9-6-5-7-10-25)35(46-37)26-13-15-28(16-14-26)40-36(45)24(3)22-43/h5-16,19,23-24,43H,17-18,20-22H2,1-4H3,(H,40,45). The summed E-state index contributed by atoms with van der Waals surface area (Å²) in [4.78, 5) is 30.3. The van der Waals surface area contributed by atoms with Crippen LogP contribution in [0, 0.1) is 23.5 Å². The van der Waals surface area contributed by atoms with Gasteiger partial charge in [-0.1, -0.05) is 69.3 Å². The molecule has 0 saturated heterocycles. The average molecular weight is 644 g/mol. The molecule has 2 aromatic heterocycles. The van der Waals surface area contributed by atoms with Crippen LogP contribution in [0.3, 0.4) is 0 Å². The summed E-state index contributed by atoms with van der Waals surface area (Å²) >= 11 is 1.42. The Morgan fingerprint density at radius 3 is 2.24 bits per heavy atom. The maximum absolute atomic E-state index is 14.9. The van der Waals surface area contributed by atoms with Crippen molar-refractivity contribution in [3.8, 4) is 10.4 Å². The molecule has 2 heterocycles. The highest BCUT2D eigenvalue weighted by atomic mass is 32.1. The first-order chi connectivity index (χ1) is 22.0. The largest absolute Gasteiger partial charge is 0.396 e. The van der Waals surface area contributed by atoms with Crippen LogP contribution in [0.2, 0.25) is 0 Å². The SMILES string of the molecule is CC(C)Cc1cn(Cc2c(F)cccc2F)c2sc(-c3ccc(NC(=O)C(C)CO)cc3)c(CN(C)Cc3ccccc3)c2c1=O. The fourth-order valence-electron chi connectivity index (χ4n) is 5.57. The molecule has 0 saturated carbocycles. The molecule has 6 nitrogen and oxygen atoms in total. The Bertz CT molecular complexity index is 1860. The van der Waals surface area contributed by atoms with E-state index in [2.05, 4.69) is 22.3 Å². The molecule has 5 aromatic rings. The number of carbonyl (C=O) groups excluding carboxylic acids is 1. The number of benzene rings is 3. The molecule has 1 unspecified atom stereocenters. The summed E-state index contributed by atoms with van der Waals surface area (Å²) < 4.78 is 31.6. The van der Waals surface area contributed by atoms with Crippen molar-refractivity contribution in [2.45, 2.75) is 46.8 Å². The number of aromatic nitrogens is 1. The van der Waals surface area contributed by atoms with Crippen LogP contribution in [-0.2, 0) is 30.8 Å². The summed E-state index contributed by atoms with van der Waals surface area (Å²) in [5, 5.41) is 12.7. The van der Waals surface area contributed by atoms with Crippen molar-refractivity contribution in [2.75, 3.05) is 19.0 Å². The Morgan fingerprint density at radius 2 is 1.61 bits per heavy atom. The topological polar surface area (TPSA) is 74.6 Å². The second-order valence-electron chi connectivity index (χ2n) is 12.3. The second kappa shape index (κ2) is 14.5. The van der Waals surface area contributed by atoms with E-state index in [-0.39, 0.29) is 36.0 Å². The van der Waals surface area contributed by atoms with Crippen molar-refractivity contribution in [3.63, 3.8) is 0 Å². The number of aliphatic hydroxyl groups excluding tert-OH is 1. The molecular weight excluding hydrogens is 604 g/mol. The molecule has 46 heavy (non-hydrogen) atoms. The van der Waals surface area contributed by atoms with Crippen molar-refractivity contribution in [3.05, 3.63) is 123 Å². The van der Waals surface area contributed by atoms with Gasteiger partial charge in [-0.05, 0) is 60.3 Å². The zero-order valence-electron chi connectivity index (χ0n) is 26.5. The van der Waals surface area contributed by atoms with Gasteiger partial charge in [0.1, 0.15) is 16.5 Å². The van der Waals surface area contributed by atoms with Crippen molar-refractivity contribution < 1.29 is 18.7 Å². The molecule has 2 N–H and O–H groups in total. The number of nitrogens with zero attached hydrogens (tertiary/aromatic N) is 2. The van der Waals surface area contributed by atoms with Gasteiger partial charge in [-0.25, -0.2) is 8.78 Å². The monoisotopic (exact) mass is 643 g/mol. The number of halogens is 2. The Morgan fingerprint density at radius 1 is 0.935 bits per heavy atom. The molecular formula is C37H39F2N3O3S. The second-order valence-corrected chi connectivity index (χ2v) is 13.3. The van der Waals surface area contributed by atoms with E-state index in [0.29, 0.717) is 41.0 Å². The summed E-state index contributed by atoms with van der Waals surface area (Å²) in [7, 11) is 2.01. The van der Waals surface area contributed by atoms with Gasteiger partial charge >= 0.3 is 0 Å². The van der Waals surface area contributed by atoms with Crippen molar-refractivity contribution in [2.24, 2.45) is 11.8 Å². The Balaban J connectivity index is 1.67. The van der Waals surface area contributed by atoms with Crippen LogP contribution in [-0.4, -0.2) is 34.1 Å². The van der Waals surface area contributed by atoms with Gasteiger partial charge in [-0.3, -0.25) is 14.5 Å². The van der Waals surface area contributed by atoms with E-state index in [9.17, 15) is 23.5 Å². The van der Waals surface area contributed by atoms with Gasteiger partial charge in [-0.15, -0.1) is 11.3 Å². The first-order valence-electron chi connectivity index (χ1n) is 15.4. The van der Waals surface area contributed by atoms with Gasteiger partial charge in [-0.2, -0.15) is 0 Å². The molecule has 0 fully saturated rings. The third-order valence-electron chi connectivity index (χ3n) is 7.96. The summed E-state index contributed by atoms with van der Waals surface area (Å²) in [5.74, 6) is -1.90. The predicted molar refractivity (Wildman–Crippen MR) is 182 cm³/mol. The van der Waals surface area contributed by atoms with E-state index < -0.39 is 17.6 Å². The van der Waals surface area contributed by atoms with Gasteiger partial charge in [0.05, 0.1) is 24.5 Å². The molecule has 0 aliphatic carbocycles. The molecule has 0 radical (unpaired) electrons. The fourth-order valence-corrected chi connectivity index (χ4v) is 6.86. The quantitative estimate of drug-likeness (QED) is 0.148. The maximum atomic E-state index is 14.9. The number of nitrogens with one attached hydrogen (secondary N) is 1. The minimum absolute atomic E-state index is 0.0576. The molecule has 0 spiro atoms. The molecule has 3 aromatic carbocycles. The molecule has 0 aliphatic rings. The lowest BCUT2D eigenvalue weighted by Crippen LogP contribution is -2.22. The summed E-state index contributed by atoms with van der Waals surface area (Å²) in [6.07, 6.45) is 2.29. The van der Waals surface area contributed by atoms with Crippen LogP contribution >= 0.6 is 11.3 Å². The summed E-state index contributed by atoms with van der Waals surface area (Å²) in [6.45, 7) is 6.54. The maximum Gasteiger partial charge on any atom is 0.229 e. The normalized spacial score (nSPS) is 12.3. The highest BCUT2D eigenvalue weighted by Gasteiger charge is 2.23. The van der Waals surface area contributed by atoms with Crippen LogP contribution in [0.15, 0.2) is 83.8 Å². The lowest BCUT2D eigenvalue weighted by atomic mass is 10.00. The van der Waals surface area contributed by atoms with Gasteiger partial charge in [0.2, 0.25) is 5.91 Å². The van der Waals surface area contributed by atoms with Gasteiger partial charge in [0, 0.05) is 41.0 Å². The van der Waals surface area contributed by atoms with Crippen molar-refractivity contribution >= 4 is 33.1 Å². The number of hydrogen-bond acceptors (Lipinski definition) is 5. The number of fused-ring (bicyclic) bond motifs is 1. The summed E-state index contributed by atoms with van der Waals surface area (Å²) in [6, 6.07) is 21.3. The Hall–Kier alpha value is -4.18. The van der Waals surface area contributed by atoms with Gasteiger partial charge in [0.25, 0.3) is 0 Å². The zero-order chi connectivity index (χ0) is 33.0. The molecule has 9 heteroatoms. The number of pyridine rings is 1. The number of aliphatic hydroxyl groups is 1. The van der Waals surface area contributed by atoms with E-state index in [1.807, 2.05) is 55.8 Å². The van der Waals surface area contributed by atoms with Crippen LogP contribution in [0.25, 0.3) is 20.7 Å². The van der Waals surface area contributed by atoms with E-state index >= 15 is 0 Å². The highest BCUT2D eigenvalue weighted by Crippen LogP contribution is 2.39. The molecule has 240 valence electrons. The summed E-state index contributed by atoms with van der Waals surface area (Å²) in [5.41, 5.74) is 3.90.